The minimum atomic E-state index is -0.816. The second-order valence-corrected chi connectivity index (χ2v) is 8.80. The van der Waals surface area contributed by atoms with E-state index in [-0.39, 0.29) is 29.5 Å². The van der Waals surface area contributed by atoms with Crippen LogP contribution in [0.3, 0.4) is 0 Å². The lowest BCUT2D eigenvalue weighted by atomic mass is 10.0. The standard InChI is InChI=1S/C27H27Cl2FN2O2/c1-2-15-31-27(34)25(16-19-9-4-3-5-10-19)32(18-20-11-6-7-12-22(20)28)26(33)17-21-23(29)13-8-14-24(21)30/h3-14,25H,2,15-18H2,1H3,(H,31,34). The first-order chi connectivity index (χ1) is 16.4. The number of carbonyl (C=O) groups is 2. The topological polar surface area (TPSA) is 49.4 Å². The molecule has 7 heteroatoms. The molecule has 0 aliphatic carbocycles. The Morgan fingerprint density at radius 2 is 1.62 bits per heavy atom. The van der Waals surface area contributed by atoms with Gasteiger partial charge in [-0.05, 0) is 35.7 Å². The molecule has 1 atom stereocenters. The number of amides is 2. The molecule has 3 aromatic rings. The van der Waals surface area contributed by atoms with Crippen molar-refractivity contribution in [3.05, 3.63) is 105 Å². The van der Waals surface area contributed by atoms with Gasteiger partial charge in [-0.15, -0.1) is 0 Å². The maximum absolute atomic E-state index is 14.5. The third-order valence-electron chi connectivity index (χ3n) is 5.51. The highest BCUT2D eigenvalue weighted by molar-refractivity contribution is 6.31. The first kappa shape index (κ1) is 25.7. The Morgan fingerprint density at radius 1 is 0.941 bits per heavy atom. The predicted octanol–water partition coefficient (Wildman–Crippen LogP) is 5.84. The van der Waals surface area contributed by atoms with Crippen molar-refractivity contribution in [1.82, 2.24) is 10.2 Å². The van der Waals surface area contributed by atoms with Gasteiger partial charge in [-0.25, -0.2) is 4.39 Å². The molecule has 0 aliphatic heterocycles. The van der Waals surface area contributed by atoms with Gasteiger partial charge in [0.25, 0.3) is 0 Å². The molecule has 0 saturated heterocycles. The summed E-state index contributed by atoms with van der Waals surface area (Å²) in [6.07, 6.45) is 0.785. The molecule has 178 valence electrons. The predicted molar refractivity (Wildman–Crippen MR) is 134 cm³/mol. The zero-order valence-corrected chi connectivity index (χ0v) is 20.5. The fourth-order valence-electron chi connectivity index (χ4n) is 3.68. The Bertz CT molecular complexity index is 1100. The van der Waals surface area contributed by atoms with Gasteiger partial charge in [0.1, 0.15) is 11.9 Å². The summed E-state index contributed by atoms with van der Waals surface area (Å²) >= 11 is 12.6. The second kappa shape index (κ2) is 12.5. The molecule has 1 N–H and O–H groups in total. The highest BCUT2D eigenvalue weighted by atomic mass is 35.5. The van der Waals surface area contributed by atoms with Gasteiger partial charge < -0.3 is 10.2 Å². The van der Waals surface area contributed by atoms with Crippen LogP contribution in [0.15, 0.2) is 72.8 Å². The molecule has 2 amide bonds. The van der Waals surface area contributed by atoms with E-state index in [0.717, 1.165) is 12.0 Å². The summed E-state index contributed by atoms with van der Waals surface area (Å²) in [7, 11) is 0. The zero-order valence-electron chi connectivity index (χ0n) is 18.9. The molecule has 0 fully saturated rings. The molecular formula is C27H27Cl2FN2O2. The molecule has 0 aromatic heterocycles. The first-order valence-electron chi connectivity index (χ1n) is 11.2. The third kappa shape index (κ3) is 6.81. The lowest BCUT2D eigenvalue weighted by Gasteiger charge is -2.32. The summed E-state index contributed by atoms with van der Waals surface area (Å²) < 4.78 is 14.5. The van der Waals surface area contributed by atoms with Crippen LogP contribution in [0.5, 0.6) is 0 Å². The third-order valence-corrected chi connectivity index (χ3v) is 6.23. The monoisotopic (exact) mass is 500 g/mol. The van der Waals surface area contributed by atoms with E-state index in [0.29, 0.717) is 23.6 Å². The van der Waals surface area contributed by atoms with E-state index in [9.17, 15) is 14.0 Å². The lowest BCUT2D eigenvalue weighted by Crippen LogP contribution is -2.51. The van der Waals surface area contributed by atoms with Crippen molar-refractivity contribution >= 4 is 35.0 Å². The van der Waals surface area contributed by atoms with Gasteiger partial charge >= 0.3 is 0 Å². The maximum atomic E-state index is 14.5. The van der Waals surface area contributed by atoms with Crippen LogP contribution in [0, 0.1) is 5.82 Å². The van der Waals surface area contributed by atoms with Gasteiger partial charge in [0, 0.05) is 35.1 Å². The van der Waals surface area contributed by atoms with Crippen LogP contribution >= 0.6 is 23.2 Å². The van der Waals surface area contributed by atoms with Crippen molar-refractivity contribution in [2.45, 2.75) is 38.8 Å². The molecule has 0 radical (unpaired) electrons. The van der Waals surface area contributed by atoms with Gasteiger partial charge in [0.2, 0.25) is 11.8 Å². The Kier molecular flexibility index (Phi) is 9.49. The van der Waals surface area contributed by atoms with Gasteiger partial charge in [-0.1, -0.05) is 84.7 Å². The zero-order chi connectivity index (χ0) is 24.5. The van der Waals surface area contributed by atoms with Crippen LogP contribution in [0.4, 0.5) is 4.39 Å². The van der Waals surface area contributed by atoms with Gasteiger partial charge in [0.15, 0.2) is 0 Å². The van der Waals surface area contributed by atoms with Crippen molar-refractivity contribution in [2.75, 3.05) is 6.54 Å². The lowest BCUT2D eigenvalue weighted by molar-refractivity contribution is -0.140. The Balaban J connectivity index is 2.00. The van der Waals surface area contributed by atoms with Gasteiger partial charge in [-0.3, -0.25) is 9.59 Å². The summed E-state index contributed by atoms with van der Waals surface area (Å²) in [4.78, 5) is 28.4. The van der Waals surface area contributed by atoms with E-state index >= 15 is 0 Å². The van der Waals surface area contributed by atoms with Crippen LogP contribution in [0.25, 0.3) is 0 Å². The van der Waals surface area contributed by atoms with Crippen molar-refractivity contribution < 1.29 is 14.0 Å². The van der Waals surface area contributed by atoms with E-state index in [2.05, 4.69) is 5.32 Å². The Hall–Kier alpha value is -2.89. The molecule has 1 unspecified atom stereocenters. The molecule has 3 rings (SSSR count). The highest BCUT2D eigenvalue weighted by Crippen LogP contribution is 2.24. The Morgan fingerprint density at radius 3 is 2.29 bits per heavy atom. The number of carbonyl (C=O) groups excluding carboxylic acids is 2. The van der Waals surface area contributed by atoms with Crippen molar-refractivity contribution in [1.29, 1.82) is 0 Å². The van der Waals surface area contributed by atoms with E-state index < -0.39 is 17.8 Å². The number of hydrogen-bond acceptors (Lipinski definition) is 2. The molecule has 0 bridgehead atoms. The molecule has 0 aliphatic rings. The SMILES string of the molecule is CCCNC(=O)C(Cc1ccccc1)N(Cc1ccccc1Cl)C(=O)Cc1c(F)cccc1Cl. The molecule has 0 spiro atoms. The van der Waals surface area contributed by atoms with E-state index in [1.54, 1.807) is 18.2 Å². The average molecular weight is 501 g/mol. The summed E-state index contributed by atoms with van der Waals surface area (Å²) in [5, 5.41) is 3.56. The van der Waals surface area contributed by atoms with Crippen molar-refractivity contribution in [2.24, 2.45) is 0 Å². The minimum absolute atomic E-state index is 0.0988. The number of benzene rings is 3. The van der Waals surface area contributed by atoms with Crippen LogP contribution in [-0.2, 0) is 29.0 Å². The van der Waals surface area contributed by atoms with Gasteiger partial charge in [-0.2, -0.15) is 0 Å². The number of nitrogens with one attached hydrogen (secondary N) is 1. The molecule has 0 heterocycles. The van der Waals surface area contributed by atoms with E-state index in [4.69, 9.17) is 23.2 Å². The van der Waals surface area contributed by atoms with E-state index in [1.807, 2.05) is 49.4 Å². The molecule has 34 heavy (non-hydrogen) atoms. The van der Waals surface area contributed by atoms with Crippen LogP contribution < -0.4 is 5.32 Å². The Labute approximate surface area is 209 Å². The van der Waals surface area contributed by atoms with Crippen LogP contribution in [-0.4, -0.2) is 29.3 Å². The fraction of sp³-hybridized carbons (Fsp3) is 0.259. The summed E-state index contributed by atoms with van der Waals surface area (Å²) in [5.41, 5.74) is 1.70. The normalized spacial score (nSPS) is 11.6. The van der Waals surface area contributed by atoms with Crippen LogP contribution in [0.2, 0.25) is 10.0 Å². The first-order valence-corrected chi connectivity index (χ1v) is 11.9. The number of rotatable bonds is 10. The average Bonchev–Trinajstić information content (AvgIpc) is 2.83. The molecule has 3 aromatic carbocycles. The molecular weight excluding hydrogens is 474 g/mol. The smallest absolute Gasteiger partial charge is 0.243 e. The minimum Gasteiger partial charge on any atom is -0.354 e. The largest absolute Gasteiger partial charge is 0.354 e. The van der Waals surface area contributed by atoms with Crippen molar-refractivity contribution in [3.63, 3.8) is 0 Å². The molecule has 0 saturated carbocycles. The number of hydrogen-bond donors (Lipinski definition) is 1. The number of halogens is 3. The number of nitrogens with zero attached hydrogens (tertiary/aromatic N) is 1. The fourth-order valence-corrected chi connectivity index (χ4v) is 4.11. The molecule has 4 nitrogen and oxygen atoms in total. The quantitative estimate of drug-likeness (QED) is 0.380. The van der Waals surface area contributed by atoms with E-state index in [1.165, 1.54) is 17.0 Å². The van der Waals surface area contributed by atoms with Crippen LogP contribution in [0.1, 0.15) is 30.0 Å². The highest BCUT2D eigenvalue weighted by Gasteiger charge is 2.31. The second-order valence-electron chi connectivity index (χ2n) is 7.99. The van der Waals surface area contributed by atoms with Gasteiger partial charge in [0.05, 0.1) is 6.42 Å². The van der Waals surface area contributed by atoms with Crippen molar-refractivity contribution in [3.8, 4) is 0 Å². The summed E-state index contributed by atoms with van der Waals surface area (Å²) in [6.45, 7) is 2.54. The summed E-state index contributed by atoms with van der Waals surface area (Å²) in [5.74, 6) is -1.25. The maximum Gasteiger partial charge on any atom is 0.243 e. The summed E-state index contributed by atoms with van der Waals surface area (Å²) in [6, 6.07) is 20.1.